The van der Waals surface area contributed by atoms with Crippen molar-refractivity contribution in [2.75, 3.05) is 0 Å². The van der Waals surface area contributed by atoms with Gasteiger partial charge in [-0.2, -0.15) is 0 Å². The van der Waals surface area contributed by atoms with Crippen LogP contribution in [-0.4, -0.2) is 26.8 Å². The SMILES string of the molecule is CC(C)CCn1c(S[C@@H](C)C(=O)NC2CC2)nc2cc(Cl)ccc2c1=O. The fourth-order valence-electron chi connectivity index (χ4n) is 2.61. The van der Waals surface area contributed by atoms with Crippen molar-refractivity contribution >= 4 is 40.2 Å². The van der Waals surface area contributed by atoms with Gasteiger partial charge in [0.05, 0.1) is 16.2 Å². The highest BCUT2D eigenvalue weighted by Gasteiger charge is 2.27. The average molecular weight is 394 g/mol. The first-order valence-electron chi connectivity index (χ1n) is 9.02. The van der Waals surface area contributed by atoms with E-state index < -0.39 is 0 Å². The van der Waals surface area contributed by atoms with Crippen LogP contribution >= 0.6 is 23.4 Å². The minimum absolute atomic E-state index is 0.00616. The Hall–Kier alpha value is -1.53. The molecule has 0 spiro atoms. The van der Waals surface area contributed by atoms with E-state index in [0.717, 1.165) is 19.3 Å². The number of rotatable bonds is 7. The molecule has 1 amide bonds. The van der Waals surface area contributed by atoms with E-state index in [-0.39, 0.29) is 16.7 Å². The van der Waals surface area contributed by atoms with E-state index in [1.807, 2.05) is 6.92 Å². The number of hydrogen-bond donors (Lipinski definition) is 1. The van der Waals surface area contributed by atoms with E-state index >= 15 is 0 Å². The molecule has 1 aliphatic carbocycles. The fraction of sp³-hybridized carbons (Fsp3) is 0.526. The Morgan fingerprint density at radius 1 is 1.38 bits per heavy atom. The van der Waals surface area contributed by atoms with Crippen LogP contribution in [-0.2, 0) is 11.3 Å². The van der Waals surface area contributed by atoms with E-state index in [9.17, 15) is 9.59 Å². The van der Waals surface area contributed by atoms with E-state index in [1.165, 1.54) is 11.8 Å². The Balaban J connectivity index is 1.95. The summed E-state index contributed by atoms with van der Waals surface area (Å²) in [5, 5.41) is 4.36. The van der Waals surface area contributed by atoms with Crippen LogP contribution in [0.4, 0.5) is 0 Å². The summed E-state index contributed by atoms with van der Waals surface area (Å²) in [7, 11) is 0. The Morgan fingerprint density at radius 3 is 2.77 bits per heavy atom. The van der Waals surface area contributed by atoms with Crippen LogP contribution in [0.15, 0.2) is 28.2 Å². The van der Waals surface area contributed by atoms with Crippen LogP contribution in [0.5, 0.6) is 0 Å². The molecule has 1 fully saturated rings. The van der Waals surface area contributed by atoms with E-state index in [2.05, 4.69) is 24.1 Å². The van der Waals surface area contributed by atoms with Crippen molar-refractivity contribution in [3.63, 3.8) is 0 Å². The van der Waals surface area contributed by atoms with Crippen molar-refractivity contribution in [1.82, 2.24) is 14.9 Å². The lowest BCUT2D eigenvalue weighted by Gasteiger charge is -2.17. The summed E-state index contributed by atoms with van der Waals surface area (Å²) in [5.41, 5.74) is 0.491. The molecule has 1 aliphatic rings. The fourth-order valence-corrected chi connectivity index (χ4v) is 3.72. The average Bonchev–Trinajstić information content (AvgIpc) is 3.37. The van der Waals surface area contributed by atoms with Crippen LogP contribution in [0.1, 0.15) is 40.0 Å². The number of thioether (sulfide) groups is 1. The number of carbonyl (C=O) groups excluding carboxylic acids is 1. The number of aromatic nitrogens is 2. The maximum Gasteiger partial charge on any atom is 0.262 e. The van der Waals surface area contributed by atoms with Gasteiger partial charge in [-0.25, -0.2) is 4.98 Å². The smallest absolute Gasteiger partial charge is 0.262 e. The summed E-state index contributed by atoms with van der Waals surface area (Å²) >= 11 is 7.40. The number of benzene rings is 1. The molecule has 0 unspecified atom stereocenters. The molecule has 2 aromatic rings. The summed E-state index contributed by atoms with van der Waals surface area (Å²) in [6.45, 7) is 6.68. The molecule has 1 atom stereocenters. The Labute approximate surface area is 162 Å². The Kier molecular flexibility index (Phi) is 5.92. The molecule has 7 heteroatoms. The largest absolute Gasteiger partial charge is 0.352 e. The van der Waals surface area contributed by atoms with Gasteiger partial charge in [-0.15, -0.1) is 0 Å². The maximum atomic E-state index is 13.0. The third-order valence-electron chi connectivity index (χ3n) is 4.39. The van der Waals surface area contributed by atoms with Crippen LogP contribution < -0.4 is 10.9 Å². The first-order valence-corrected chi connectivity index (χ1v) is 10.3. The Bertz CT molecular complexity index is 877. The van der Waals surface area contributed by atoms with Crippen LogP contribution in [0.2, 0.25) is 5.02 Å². The predicted molar refractivity (Wildman–Crippen MR) is 107 cm³/mol. The Morgan fingerprint density at radius 2 is 2.12 bits per heavy atom. The maximum absolute atomic E-state index is 13.0. The van der Waals surface area contributed by atoms with Gasteiger partial charge >= 0.3 is 0 Å². The van der Waals surface area contributed by atoms with Gasteiger partial charge in [0.1, 0.15) is 0 Å². The van der Waals surface area contributed by atoms with Gasteiger partial charge in [-0.05, 0) is 50.3 Å². The lowest BCUT2D eigenvalue weighted by Crippen LogP contribution is -2.33. The van der Waals surface area contributed by atoms with Gasteiger partial charge in [-0.3, -0.25) is 14.2 Å². The molecule has 0 aliphatic heterocycles. The molecule has 0 bridgehead atoms. The molecule has 1 heterocycles. The molecule has 0 saturated heterocycles. The number of amides is 1. The molecule has 26 heavy (non-hydrogen) atoms. The number of carbonyl (C=O) groups is 1. The molecule has 3 rings (SSSR count). The third kappa shape index (κ3) is 4.60. The van der Waals surface area contributed by atoms with Crippen molar-refractivity contribution in [3.05, 3.63) is 33.6 Å². The number of fused-ring (bicyclic) bond motifs is 1. The summed E-state index contributed by atoms with van der Waals surface area (Å²) in [6.07, 6.45) is 2.97. The van der Waals surface area contributed by atoms with Gasteiger partial charge in [-0.1, -0.05) is 37.2 Å². The lowest BCUT2D eigenvalue weighted by atomic mass is 10.1. The second kappa shape index (κ2) is 8.01. The number of hydrogen-bond acceptors (Lipinski definition) is 4. The summed E-state index contributed by atoms with van der Waals surface area (Å²) in [6, 6.07) is 5.44. The van der Waals surface area contributed by atoms with Gasteiger partial charge in [0, 0.05) is 17.6 Å². The van der Waals surface area contributed by atoms with Crippen LogP contribution in [0.25, 0.3) is 10.9 Å². The topological polar surface area (TPSA) is 64.0 Å². The lowest BCUT2D eigenvalue weighted by molar-refractivity contribution is -0.120. The molecule has 5 nitrogen and oxygen atoms in total. The van der Waals surface area contributed by atoms with Gasteiger partial charge in [0.15, 0.2) is 5.16 Å². The minimum atomic E-state index is -0.315. The quantitative estimate of drug-likeness (QED) is 0.573. The third-order valence-corrected chi connectivity index (χ3v) is 5.71. The van der Waals surface area contributed by atoms with Gasteiger partial charge in [0.2, 0.25) is 5.91 Å². The highest BCUT2D eigenvalue weighted by Crippen LogP contribution is 2.26. The van der Waals surface area contributed by atoms with Crippen molar-refractivity contribution in [2.45, 2.75) is 63.0 Å². The zero-order valence-corrected chi connectivity index (χ0v) is 16.9. The molecule has 0 radical (unpaired) electrons. The highest BCUT2D eigenvalue weighted by atomic mass is 35.5. The van der Waals surface area contributed by atoms with Gasteiger partial charge in [0.25, 0.3) is 5.56 Å². The summed E-state index contributed by atoms with van der Waals surface area (Å²) < 4.78 is 1.70. The minimum Gasteiger partial charge on any atom is -0.352 e. The normalized spacial score (nSPS) is 15.4. The summed E-state index contributed by atoms with van der Waals surface area (Å²) in [5.74, 6) is 0.463. The molecular formula is C19H24ClN3O2S. The summed E-state index contributed by atoms with van der Waals surface area (Å²) in [4.78, 5) is 29.9. The van der Waals surface area contributed by atoms with E-state index in [1.54, 1.807) is 22.8 Å². The first-order chi connectivity index (χ1) is 12.3. The van der Waals surface area contributed by atoms with Crippen molar-refractivity contribution < 1.29 is 4.79 Å². The van der Waals surface area contributed by atoms with Crippen LogP contribution in [0, 0.1) is 5.92 Å². The second-order valence-electron chi connectivity index (χ2n) is 7.24. The second-order valence-corrected chi connectivity index (χ2v) is 8.98. The van der Waals surface area contributed by atoms with E-state index in [0.29, 0.717) is 39.6 Å². The number of halogens is 1. The van der Waals surface area contributed by atoms with Crippen LogP contribution in [0.3, 0.4) is 0 Å². The van der Waals surface area contributed by atoms with Gasteiger partial charge < -0.3 is 5.32 Å². The van der Waals surface area contributed by atoms with Crippen molar-refractivity contribution in [2.24, 2.45) is 5.92 Å². The highest BCUT2D eigenvalue weighted by molar-refractivity contribution is 8.00. The molecular weight excluding hydrogens is 370 g/mol. The molecule has 1 saturated carbocycles. The predicted octanol–water partition coefficient (Wildman–Crippen LogP) is 3.86. The zero-order valence-electron chi connectivity index (χ0n) is 15.3. The molecule has 1 N–H and O–H groups in total. The standard InChI is InChI=1S/C19H24ClN3O2S/c1-11(2)8-9-23-18(25)15-7-4-13(20)10-16(15)22-19(23)26-12(3)17(24)21-14-5-6-14/h4,7,10-12,14H,5-6,8-9H2,1-3H3,(H,21,24)/t12-/m0/s1. The molecule has 1 aromatic carbocycles. The van der Waals surface area contributed by atoms with Crippen molar-refractivity contribution in [1.29, 1.82) is 0 Å². The number of nitrogens with zero attached hydrogens (tertiary/aromatic N) is 2. The van der Waals surface area contributed by atoms with E-state index in [4.69, 9.17) is 11.6 Å². The monoisotopic (exact) mass is 393 g/mol. The zero-order chi connectivity index (χ0) is 18.8. The molecule has 140 valence electrons. The first kappa shape index (κ1) is 19.2. The number of nitrogens with one attached hydrogen (secondary N) is 1. The molecule has 1 aromatic heterocycles. The van der Waals surface area contributed by atoms with Crippen molar-refractivity contribution in [3.8, 4) is 0 Å².